The van der Waals surface area contributed by atoms with Crippen LogP contribution in [0.5, 0.6) is 17.2 Å². The van der Waals surface area contributed by atoms with E-state index in [1.54, 1.807) is 36.4 Å². The minimum Gasteiger partial charge on any atom is -0.454 e. The number of rotatable bonds is 7. The fourth-order valence-corrected chi connectivity index (χ4v) is 3.40. The molecule has 1 heterocycles. The fraction of sp³-hybridized carbons (Fsp3) is 0.0370. The Morgan fingerprint density at radius 3 is 2.32 bits per heavy atom. The van der Waals surface area contributed by atoms with Gasteiger partial charge >= 0.3 is 6.09 Å². The lowest BCUT2D eigenvalue weighted by Crippen LogP contribution is -2.35. The Kier molecular flexibility index (Phi) is 8.35. The predicted octanol–water partition coefficient (Wildman–Crippen LogP) is 5.68. The summed E-state index contributed by atoms with van der Waals surface area (Å²) in [4.78, 5) is 28.3. The number of nitrogens with zero attached hydrogens (tertiary/aromatic N) is 1. The van der Waals surface area contributed by atoms with Crippen molar-refractivity contribution in [1.82, 2.24) is 10.3 Å². The number of halogens is 1. The van der Waals surface area contributed by atoms with Gasteiger partial charge in [0.25, 0.3) is 0 Å². The Labute approximate surface area is 217 Å². The minimum atomic E-state index is -0.732. The number of ether oxygens (including phenoxy) is 2. The summed E-state index contributed by atoms with van der Waals surface area (Å²) >= 11 is 5.15. The molecule has 4 aromatic rings. The van der Waals surface area contributed by atoms with E-state index in [1.807, 2.05) is 30.3 Å². The van der Waals surface area contributed by atoms with Crippen LogP contribution in [0.3, 0.4) is 0 Å². The summed E-state index contributed by atoms with van der Waals surface area (Å²) < 4.78 is 25.5. The van der Waals surface area contributed by atoms with Crippen LogP contribution >= 0.6 is 12.2 Å². The first-order valence-electron chi connectivity index (χ1n) is 11.1. The third-order valence-electron chi connectivity index (χ3n) is 4.79. The van der Waals surface area contributed by atoms with Crippen molar-refractivity contribution in [2.24, 2.45) is 0 Å². The molecule has 10 heteroatoms. The standard InChI is InChI=1S/C27H21FN4O4S/c28-22-16-19(30-26(37)32-25(33)15-18-7-3-1-4-8-18)11-12-23(22)35-21-13-14-29-24(17-21)31-27(34)36-20-9-5-2-6-10-20/h1-14,16-17H,15H2,(H,29,31,34)(H2,30,32,33,37). The number of carbonyl (C=O) groups is 2. The molecular weight excluding hydrogens is 495 g/mol. The second-order valence-corrected chi connectivity index (χ2v) is 8.02. The Hall–Kier alpha value is -4.83. The largest absolute Gasteiger partial charge is 0.454 e. The third kappa shape index (κ3) is 7.84. The number of para-hydroxylation sites is 1. The summed E-state index contributed by atoms with van der Waals surface area (Å²) in [5.41, 5.74) is 1.17. The molecule has 0 radical (unpaired) electrons. The van der Waals surface area contributed by atoms with Crippen molar-refractivity contribution in [3.63, 3.8) is 0 Å². The summed E-state index contributed by atoms with van der Waals surface area (Å²) in [7, 11) is 0. The van der Waals surface area contributed by atoms with E-state index < -0.39 is 11.9 Å². The zero-order valence-electron chi connectivity index (χ0n) is 19.3. The van der Waals surface area contributed by atoms with Gasteiger partial charge in [-0.25, -0.2) is 14.2 Å². The van der Waals surface area contributed by atoms with Crippen LogP contribution in [0.25, 0.3) is 0 Å². The summed E-state index contributed by atoms with van der Waals surface area (Å²) in [5.74, 6) is -0.244. The zero-order valence-corrected chi connectivity index (χ0v) is 20.1. The monoisotopic (exact) mass is 516 g/mol. The Bertz CT molecular complexity index is 1400. The maximum atomic E-state index is 14.7. The van der Waals surface area contributed by atoms with E-state index in [1.165, 1.54) is 30.5 Å². The molecule has 0 spiro atoms. The second kappa shape index (κ2) is 12.2. The van der Waals surface area contributed by atoms with Gasteiger partial charge in [0.05, 0.1) is 6.42 Å². The molecule has 186 valence electrons. The molecule has 0 aliphatic heterocycles. The molecule has 0 atom stereocenters. The van der Waals surface area contributed by atoms with Crippen molar-refractivity contribution in [3.8, 4) is 17.2 Å². The highest BCUT2D eigenvalue weighted by Crippen LogP contribution is 2.27. The summed E-state index contributed by atoms with van der Waals surface area (Å²) in [5, 5.41) is 7.87. The molecular formula is C27H21FN4O4S. The maximum absolute atomic E-state index is 14.7. The van der Waals surface area contributed by atoms with Crippen molar-refractivity contribution in [1.29, 1.82) is 0 Å². The SMILES string of the molecule is O=C(Cc1ccccc1)NC(=S)Nc1ccc(Oc2ccnc(NC(=O)Oc3ccccc3)c2)c(F)c1. The van der Waals surface area contributed by atoms with Gasteiger partial charge in [-0.15, -0.1) is 0 Å². The molecule has 0 aliphatic carbocycles. The van der Waals surface area contributed by atoms with Gasteiger partial charge in [-0.05, 0) is 48.1 Å². The molecule has 0 bridgehead atoms. The smallest absolute Gasteiger partial charge is 0.418 e. The van der Waals surface area contributed by atoms with Gasteiger partial charge < -0.3 is 20.1 Å². The van der Waals surface area contributed by atoms with E-state index >= 15 is 0 Å². The molecule has 0 saturated carbocycles. The highest BCUT2D eigenvalue weighted by Gasteiger charge is 2.11. The van der Waals surface area contributed by atoms with E-state index in [0.717, 1.165) is 5.56 Å². The van der Waals surface area contributed by atoms with Gasteiger partial charge in [-0.2, -0.15) is 0 Å². The van der Waals surface area contributed by atoms with E-state index in [0.29, 0.717) is 11.4 Å². The summed E-state index contributed by atoms with van der Waals surface area (Å²) in [6.45, 7) is 0. The van der Waals surface area contributed by atoms with Crippen LogP contribution in [-0.4, -0.2) is 22.1 Å². The van der Waals surface area contributed by atoms with E-state index in [2.05, 4.69) is 20.9 Å². The zero-order chi connectivity index (χ0) is 26.0. The minimum absolute atomic E-state index is 0.0428. The topological polar surface area (TPSA) is 102 Å². The van der Waals surface area contributed by atoms with Gasteiger partial charge in [0.2, 0.25) is 5.91 Å². The van der Waals surface area contributed by atoms with Gasteiger partial charge in [0, 0.05) is 24.0 Å². The Morgan fingerprint density at radius 2 is 1.59 bits per heavy atom. The first kappa shape index (κ1) is 25.3. The van der Waals surface area contributed by atoms with Crippen molar-refractivity contribution in [2.45, 2.75) is 6.42 Å². The number of amides is 2. The molecule has 8 nitrogen and oxygen atoms in total. The number of nitrogens with one attached hydrogen (secondary N) is 3. The van der Waals surface area contributed by atoms with Gasteiger partial charge in [0.15, 0.2) is 16.7 Å². The number of carbonyl (C=O) groups excluding carboxylic acids is 2. The van der Waals surface area contributed by atoms with Crippen LogP contribution in [0, 0.1) is 5.82 Å². The van der Waals surface area contributed by atoms with Crippen molar-refractivity contribution < 1.29 is 23.5 Å². The predicted molar refractivity (Wildman–Crippen MR) is 141 cm³/mol. The normalized spacial score (nSPS) is 10.2. The Balaban J connectivity index is 1.31. The molecule has 2 amide bonds. The van der Waals surface area contributed by atoms with Crippen LogP contribution in [0.2, 0.25) is 0 Å². The van der Waals surface area contributed by atoms with Crippen LogP contribution in [0.1, 0.15) is 5.56 Å². The van der Waals surface area contributed by atoms with Gasteiger partial charge in [-0.1, -0.05) is 48.5 Å². The maximum Gasteiger partial charge on any atom is 0.418 e. The molecule has 3 N–H and O–H groups in total. The van der Waals surface area contributed by atoms with Gasteiger partial charge in [0.1, 0.15) is 17.3 Å². The van der Waals surface area contributed by atoms with Crippen LogP contribution in [-0.2, 0) is 11.2 Å². The average Bonchev–Trinajstić information content (AvgIpc) is 2.87. The number of hydrogen-bond acceptors (Lipinski definition) is 6. The van der Waals surface area contributed by atoms with Gasteiger partial charge in [-0.3, -0.25) is 10.1 Å². The first-order valence-corrected chi connectivity index (χ1v) is 11.5. The van der Waals surface area contributed by atoms with Crippen molar-refractivity contribution in [3.05, 3.63) is 109 Å². The number of hydrogen-bond donors (Lipinski definition) is 3. The number of pyridine rings is 1. The average molecular weight is 517 g/mol. The molecule has 0 aliphatic rings. The molecule has 3 aromatic carbocycles. The highest BCUT2D eigenvalue weighted by atomic mass is 32.1. The molecule has 0 fully saturated rings. The fourth-order valence-electron chi connectivity index (χ4n) is 3.17. The number of benzene rings is 3. The number of thiocarbonyl (C=S) groups is 1. The lowest BCUT2D eigenvalue weighted by molar-refractivity contribution is -0.119. The summed E-state index contributed by atoms with van der Waals surface area (Å²) in [6.07, 6.45) is 0.832. The molecule has 1 aromatic heterocycles. The molecule has 4 rings (SSSR count). The molecule has 0 unspecified atom stereocenters. The van der Waals surface area contributed by atoms with E-state index in [4.69, 9.17) is 21.7 Å². The Morgan fingerprint density at radius 1 is 0.865 bits per heavy atom. The highest BCUT2D eigenvalue weighted by molar-refractivity contribution is 7.80. The molecule has 37 heavy (non-hydrogen) atoms. The lowest BCUT2D eigenvalue weighted by atomic mass is 10.1. The molecule has 0 saturated heterocycles. The second-order valence-electron chi connectivity index (χ2n) is 7.62. The van der Waals surface area contributed by atoms with E-state index in [9.17, 15) is 14.0 Å². The van der Waals surface area contributed by atoms with Crippen LogP contribution < -0.4 is 25.4 Å². The van der Waals surface area contributed by atoms with E-state index in [-0.39, 0.29) is 34.8 Å². The lowest BCUT2D eigenvalue weighted by Gasteiger charge is -2.12. The van der Waals surface area contributed by atoms with Crippen LogP contribution in [0.4, 0.5) is 20.7 Å². The van der Waals surface area contributed by atoms with Crippen molar-refractivity contribution >= 4 is 40.8 Å². The van der Waals surface area contributed by atoms with Crippen molar-refractivity contribution in [2.75, 3.05) is 10.6 Å². The number of aromatic nitrogens is 1. The quantitative estimate of drug-likeness (QED) is 0.272. The number of anilines is 2. The van der Waals surface area contributed by atoms with Crippen LogP contribution in [0.15, 0.2) is 97.2 Å². The third-order valence-corrected chi connectivity index (χ3v) is 5.00. The first-order chi connectivity index (χ1) is 17.9. The summed E-state index contributed by atoms with van der Waals surface area (Å²) in [6, 6.07) is 24.8.